The van der Waals surface area contributed by atoms with Gasteiger partial charge in [-0.15, -0.1) is 0 Å². The van der Waals surface area contributed by atoms with Crippen molar-refractivity contribution >= 4 is 29.1 Å². The summed E-state index contributed by atoms with van der Waals surface area (Å²) in [5, 5.41) is 6.90. The maximum absolute atomic E-state index is 12.5. The molecular weight excluding hydrogens is 400 g/mol. The smallest absolute Gasteiger partial charge is 0.238 e. The molecule has 0 spiro atoms. The zero-order valence-corrected chi connectivity index (χ0v) is 18.3. The maximum atomic E-state index is 12.5. The van der Waals surface area contributed by atoms with Crippen molar-refractivity contribution in [3.05, 3.63) is 64.7 Å². The van der Waals surface area contributed by atoms with Gasteiger partial charge < -0.3 is 15.5 Å². The van der Waals surface area contributed by atoms with Gasteiger partial charge in [-0.25, -0.2) is 0 Å². The van der Waals surface area contributed by atoms with E-state index in [1.165, 1.54) is 0 Å². The summed E-state index contributed by atoms with van der Waals surface area (Å²) in [5.41, 5.74) is 3.06. The van der Waals surface area contributed by atoms with Crippen molar-refractivity contribution in [2.24, 2.45) is 0 Å². The average Bonchev–Trinajstić information content (AvgIpc) is 2.74. The third-order valence-corrected chi connectivity index (χ3v) is 5.61. The van der Waals surface area contributed by atoms with Crippen LogP contribution in [0.15, 0.2) is 48.5 Å². The standard InChI is InChI=1S/C23H29ClN4O2/c1-17-3-9-21(10-4-17)26-22(29)16-27-11-13-28(14-12-27)23(30)15-25-18(2)19-5-7-20(24)8-6-19/h3-10,18,25H,11-16H2,1-2H3,(H,26,29)/t18-/m1/s1. The molecule has 2 aromatic carbocycles. The fourth-order valence-corrected chi connectivity index (χ4v) is 3.54. The maximum Gasteiger partial charge on any atom is 0.238 e. The Kier molecular flexibility index (Phi) is 7.85. The third kappa shape index (κ3) is 6.55. The zero-order chi connectivity index (χ0) is 21.5. The second-order valence-electron chi connectivity index (χ2n) is 7.73. The lowest BCUT2D eigenvalue weighted by Gasteiger charge is -2.34. The Morgan fingerprint density at radius 2 is 1.63 bits per heavy atom. The van der Waals surface area contributed by atoms with Crippen LogP contribution in [0.25, 0.3) is 0 Å². The van der Waals surface area contributed by atoms with Crippen molar-refractivity contribution in [2.75, 3.05) is 44.6 Å². The molecule has 2 amide bonds. The lowest BCUT2D eigenvalue weighted by Crippen LogP contribution is -2.52. The van der Waals surface area contributed by atoms with Crippen LogP contribution in [0.5, 0.6) is 0 Å². The summed E-state index contributed by atoms with van der Waals surface area (Å²) in [6, 6.07) is 15.5. The molecule has 2 N–H and O–H groups in total. The monoisotopic (exact) mass is 428 g/mol. The topological polar surface area (TPSA) is 64.7 Å². The lowest BCUT2D eigenvalue weighted by molar-refractivity contribution is -0.132. The van der Waals surface area contributed by atoms with E-state index in [2.05, 4.69) is 15.5 Å². The largest absolute Gasteiger partial charge is 0.339 e. The first kappa shape index (κ1) is 22.3. The number of carbonyl (C=O) groups excluding carboxylic acids is 2. The predicted molar refractivity (Wildman–Crippen MR) is 121 cm³/mol. The van der Waals surface area contributed by atoms with Crippen LogP contribution in [-0.2, 0) is 9.59 Å². The second-order valence-corrected chi connectivity index (χ2v) is 8.16. The molecule has 1 heterocycles. The third-order valence-electron chi connectivity index (χ3n) is 5.36. The minimum absolute atomic E-state index is 0.0305. The number of anilines is 1. The summed E-state index contributed by atoms with van der Waals surface area (Å²) in [6.45, 7) is 7.32. The van der Waals surface area contributed by atoms with E-state index in [9.17, 15) is 9.59 Å². The molecule has 0 unspecified atom stereocenters. The van der Waals surface area contributed by atoms with E-state index in [-0.39, 0.29) is 24.4 Å². The molecule has 160 valence electrons. The van der Waals surface area contributed by atoms with Crippen LogP contribution in [0.4, 0.5) is 5.69 Å². The summed E-state index contributed by atoms with van der Waals surface area (Å²) in [5.74, 6) is 0.0525. The predicted octanol–water partition coefficient (Wildman–Crippen LogP) is 3.08. The first-order valence-corrected chi connectivity index (χ1v) is 10.6. The van der Waals surface area contributed by atoms with E-state index in [0.29, 0.717) is 37.7 Å². The molecule has 30 heavy (non-hydrogen) atoms. The summed E-state index contributed by atoms with van der Waals surface area (Å²) in [6.07, 6.45) is 0. The SMILES string of the molecule is Cc1ccc(NC(=O)CN2CCN(C(=O)CN[C@H](C)c3ccc(Cl)cc3)CC2)cc1. The molecule has 0 bridgehead atoms. The number of piperazine rings is 1. The van der Waals surface area contributed by atoms with Crippen molar-refractivity contribution in [2.45, 2.75) is 19.9 Å². The fourth-order valence-electron chi connectivity index (χ4n) is 3.42. The number of benzene rings is 2. The van der Waals surface area contributed by atoms with Gasteiger partial charge in [0.25, 0.3) is 0 Å². The molecule has 1 aliphatic heterocycles. The summed E-state index contributed by atoms with van der Waals surface area (Å²) >= 11 is 5.92. The molecule has 1 atom stereocenters. The molecule has 0 aliphatic carbocycles. The highest BCUT2D eigenvalue weighted by molar-refractivity contribution is 6.30. The van der Waals surface area contributed by atoms with Gasteiger partial charge in [-0.2, -0.15) is 0 Å². The second kappa shape index (κ2) is 10.6. The molecule has 0 radical (unpaired) electrons. The molecule has 0 saturated carbocycles. The van der Waals surface area contributed by atoms with Gasteiger partial charge in [0.2, 0.25) is 11.8 Å². The fraction of sp³-hybridized carbons (Fsp3) is 0.391. The van der Waals surface area contributed by atoms with Crippen molar-refractivity contribution in [3.63, 3.8) is 0 Å². The summed E-state index contributed by atoms with van der Waals surface area (Å²) in [4.78, 5) is 28.7. The number of nitrogens with one attached hydrogen (secondary N) is 2. The number of hydrogen-bond donors (Lipinski definition) is 2. The number of aryl methyl sites for hydroxylation is 1. The van der Waals surface area contributed by atoms with Crippen LogP contribution in [0.1, 0.15) is 24.1 Å². The first-order valence-electron chi connectivity index (χ1n) is 10.3. The highest BCUT2D eigenvalue weighted by Crippen LogP contribution is 2.16. The number of amides is 2. The highest BCUT2D eigenvalue weighted by Gasteiger charge is 2.22. The van der Waals surface area contributed by atoms with Crippen LogP contribution in [-0.4, -0.2) is 60.9 Å². The number of carbonyl (C=O) groups is 2. The molecule has 3 rings (SSSR count). The Balaban J connectivity index is 1.38. The molecule has 2 aromatic rings. The van der Waals surface area contributed by atoms with Crippen LogP contribution in [0, 0.1) is 6.92 Å². The molecular formula is C23H29ClN4O2. The molecule has 1 fully saturated rings. The Morgan fingerprint density at radius 1 is 1.00 bits per heavy atom. The molecule has 6 nitrogen and oxygen atoms in total. The number of hydrogen-bond acceptors (Lipinski definition) is 4. The van der Waals surface area contributed by atoms with E-state index in [4.69, 9.17) is 11.6 Å². The van der Waals surface area contributed by atoms with Gasteiger partial charge in [-0.05, 0) is 43.7 Å². The zero-order valence-electron chi connectivity index (χ0n) is 17.5. The number of nitrogens with zero attached hydrogens (tertiary/aromatic N) is 2. The number of halogens is 1. The van der Waals surface area contributed by atoms with Crippen LogP contribution in [0.2, 0.25) is 5.02 Å². The average molecular weight is 429 g/mol. The molecule has 0 aromatic heterocycles. The van der Waals surface area contributed by atoms with E-state index in [1.54, 1.807) is 0 Å². The minimum Gasteiger partial charge on any atom is -0.339 e. The Morgan fingerprint density at radius 3 is 2.27 bits per heavy atom. The lowest BCUT2D eigenvalue weighted by atomic mass is 10.1. The van der Waals surface area contributed by atoms with Gasteiger partial charge >= 0.3 is 0 Å². The normalized spacial score (nSPS) is 15.6. The highest BCUT2D eigenvalue weighted by atomic mass is 35.5. The van der Waals surface area contributed by atoms with Gasteiger partial charge in [0.05, 0.1) is 13.1 Å². The Hall–Kier alpha value is -2.41. The minimum atomic E-state index is -0.0305. The van der Waals surface area contributed by atoms with E-state index in [0.717, 1.165) is 16.8 Å². The van der Waals surface area contributed by atoms with Crippen molar-refractivity contribution < 1.29 is 9.59 Å². The Labute approximate surface area is 183 Å². The van der Waals surface area contributed by atoms with Crippen molar-refractivity contribution in [3.8, 4) is 0 Å². The van der Waals surface area contributed by atoms with Crippen LogP contribution in [0.3, 0.4) is 0 Å². The van der Waals surface area contributed by atoms with Crippen LogP contribution >= 0.6 is 11.6 Å². The van der Waals surface area contributed by atoms with E-state index < -0.39 is 0 Å². The van der Waals surface area contributed by atoms with Crippen LogP contribution < -0.4 is 10.6 Å². The van der Waals surface area contributed by atoms with Gasteiger partial charge in [-0.1, -0.05) is 41.4 Å². The quantitative estimate of drug-likeness (QED) is 0.711. The van der Waals surface area contributed by atoms with Gasteiger partial charge in [0.15, 0.2) is 0 Å². The number of rotatable bonds is 7. The van der Waals surface area contributed by atoms with E-state index in [1.807, 2.05) is 67.3 Å². The van der Waals surface area contributed by atoms with Crippen molar-refractivity contribution in [1.82, 2.24) is 15.1 Å². The van der Waals surface area contributed by atoms with Gasteiger partial charge in [-0.3, -0.25) is 14.5 Å². The first-order chi connectivity index (χ1) is 14.4. The summed E-state index contributed by atoms with van der Waals surface area (Å²) in [7, 11) is 0. The van der Waals surface area contributed by atoms with Gasteiger partial charge in [0, 0.05) is 42.9 Å². The van der Waals surface area contributed by atoms with Crippen molar-refractivity contribution in [1.29, 1.82) is 0 Å². The molecule has 1 saturated heterocycles. The Bertz CT molecular complexity index is 847. The van der Waals surface area contributed by atoms with E-state index >= 15 is 0 Å². The van der Waals surface area contributed by atoms with Gasteiger partial charge in [0.1, 0.15) is 0 Å². The molecule has 1 aliphatic rings. The molecule has 7 heteroatoms. The summed E-state index contributed by atoms with van der Waals surface area (Å²) < 4.78 is 0.